The Labute approximate surface area is 181 Å². The molecule has 0 bridgehead atoms. The number of halogens is 2. The van der Waals surface area contributed by atoms with Gasteiger partial charge in [0, 0.05) is 28.6 Å². The molecule has 1 heterocycles. The molecule has 2 aromatic rings. The molecule has 148 valence electrons. The third-order valence-electron chi connectivity index (χ3n) is 4.65. The third-order valence-corrected chi connectivity index (χ3v) is 5.70. The van der Waals surface area contributed by atoms with Crippen LogP contribution in [0.25, 0.3) is 0 Å². The number of amides is 1. The van der Waals surface area contributed by atoms with Crippen molar-refractivity contribution in [2.75, 3.05) is 32.7 Å². The van der Waals surface area contributed by atoms with Gasteiger partial charge < -0.3 is 10.0 Å². The first-order valence-electron chi connectivity index (χ1n) is 9.09. The fourth-order valence-corrected chi connectivity index (χ4v) is 4.42. The second kappa shape index (κ2) is 10.2. The lowest BCUT2D eigenvalue weighted by molar-refractivity contribution is -0.896. The van der Waals surface area contributed by atoms with Gasteiger partial charge in [-0.1, -0.05) is 67.9 Å². The topological polar surface area (TPSA) is 72.2 Å². The predicted molar refractivity (Wildman–Crippen MR) is 114 cm³/mol. The van der Waals surface area contributed by atoms with Gasteiger partial charge in [-0.15, -0.1) is 0 Å². The molecule has 2 N–H and O–H groups in total. The van der Waals surface area contributed by atoms with Crippen molar-refractivity contribution in [3.05, 3.63) is 62.5 Å². The second-order valence-electron chi connectivity index (χ2n) is 6.79. The summed E-state index contributed by atoms with van der Waals surface area (Å²) in [5.41, 5.74) is 4.24. The van der Waals surface area contributed by atoms with E-state index in [4.69, 9.17) is 0 Å². The van der Waals surface area contributed by atoms with Crippen LogP contribution in [0.2, 0.25) is 0 Å². The van der Waals surface area contributed by atoms with Gasteiger partial charge in [-0.2, -0.15) is 5.10 Å². The van der Waals surface area contributed by atoms with Gasteiger partial charge in [0.1, 0.15) is 0 Å². The van der Waals surface area contributed by atoms with Gasteiger partial charge in [0.15, 0.2) is 6.54 Å². The molecule has 6 nitrogen and oxygen atoms in total. The van der Waals surface area contributed by atoms with Gasteiger partial charge in [0.25, 0.3) is 5.91 Å². The minimum absolute atomic E-state index is 0.149. The van der Waals surface area contributed by atoms with Crippen LogP contribution in [0.3, 0.4) is 0 Å². The smallest absolute Gasteiger partial charge is 0.295 e. The number of hydrazone groups is 1. The van der Waals surface area contributed by atoms with Crippen LogP contribution in [0.4, 0.5) is 0 Å². The fraction of sp³-hybridized carbons (Fsp3) is 0.300. The zero-order valence-corrected chi connectivity index (χ0v) is 18.5. The van der Waals surface area contributed by atoms with Crippen LogP contribution >= 0.6 is 31.9 Å². The molecule has 0 aromatic heterocycles. The second-order valence-corrected chi connectivity index (χ2v) is 8.56. The molecule has 28 heavy (non-hydrogen) atoms. The molecule has 0 radical (unpaired) electrons. The Hall–Kier alpha value is -1.74. The molecule has 1 aliphatic rings. The molecule has 0 atom stereocenters. The third kappa shape index (κ3) is 6.13. The number of nitrogens with one attached hydrogen (secondary N) is 2. The SMILES string of the molecule is O=C(C[NH+]1CCN(Cc2ccccc2)CC1)N/N=C\c1cc(Br)cc(Br)c1[O-]. The van der Waals surface area contributed by atoms with Crippen LogP contribution in [0.15, 0.2) is 56.5 Å². The summed E-state index contributed by atoms with van der Waals surface area (Å²) in [5, 5.41) is 15.9. The quantitative estimate of drug-likeness (QED) is 0.453. The van der Waals surface area contributed by atoms with Crippen molar-refractivity contribution in [1.82, 2.24) is 10.3 Å². The highest BCUT2D eigenvalue weighted by Crippen LogP contribution is 2.28. The van der Waals surface area contributed by atoms with Gasteiger partial charge in [0.2, 0.25) is 0 Å². The number of carbonyl (C=O) groups is 1. The van der Waals surface area contributed by atoms with Crippen molar-refractivity contribution in [2.45, 2.75) is 6.54 Å². The molecule has 0 saturated carbocycles. The van der Waals surface area contributed by atoms with Gasteiger partial charge >= 0.3 is 0 Å². The number of hydrogen-bond acceptors (Lipinski definition) is 4. The Morgan fingerprint density at radius 3 is 2.64 bits per heavy atom. The van der Waals surface area contributed by atoms with Gasteiger partial charge in [0.05, 0.1) is 19.3 Å². The highest BCUT2D eigenvalue weighted by Gasteiger charge is 2.21. The Morgan fingerprint density at radius 1 is 1.21 bits per heavy atom. The van der Waals surface area contributed by atoms with Crippen LogP contribution in [0.5, 0.6) is 5.75 Å². The van der Waals surface area contributed by atoms with Crippen molar-refractivity contribution in [3.8, 4) is 5.75 Å². The van der Waals surface area contributed by atoms with E-state index in [0.29, 0.717) is 16.6 Å². The summed E-state index contributed by atoms with van der Waals surface area (Å²) in [5.74, 6) is -0.314. The van der Waals surface area contributed by atoms with Gasteiger partial charge in [-0.3, -0.25) is 9.69 Å². The van der Waals surface area contributed by atoms with E-state index >= 15 is 0 Å². The minimum Gasteiger partial charge on any atom is -0.871 e. The summed E-state index contributed by atoms with van der Waals surface area (Å²) in [4.78, 5) is 15.8. The maximum atomic E-state index is 12.1. The number of rotatable bonds is 6. The molecule has 1 aliphatic heterocycles. The first-order valence-corrected chi connectivity index (χ1v) is 10.7. The lowest BCUT2D eigenvalue weighted by Crippen LogP contribution is -3.15. The molecule has 1 fully saturated rings. The summed E-state index contributed by atoms with van der Waals surface area (Å²) in [7, 11) is 0. The highest BCUT2D eigenvalue weighted by molar-refractivity contribution is 9.11. The maximum Gasteiger partial charge on any atom is 0.295 e. The Kier molecular flexibility index (Phi) is 7.61. The molecule has 0 aliphatic carbocycles. The zero-order valence-electron chi connectivity index (χ0n) is 15.3. The molecule has 1 saturated heterocycles. The van der Waals surface area contributed by atoms with Crippen molar-refractivity contribution in [3.63, 3.8) is 0 Å². The summed E-state index contributed by atoms with van der Waals surface area (Å²) in [6.07, 6.45) is 1.38. The molecule has 0 spiro atoms. The number of piperazine rings is 1. The number of quaternary nitrogens is 1. The molecular formula is C20H22Br2N4O2. The average molecular weight is 510 g/mol. The van der Waals surface area contributed by atoms with Crippen LogP contribution in [-0.2, 0) is 11.3 Å². The van der Waals surface area contributed by atoms with Crippen LogP contribution in [0, 0.1) is 0 Å². The molecule has 3 rings (SSSR count). The molecular weight excluding hydrogens is 488 g/mol. The molecule has 0 unspecified atom stereocenters. The largest absolute Gasteiger partial charge is 0.871 e. The van der Waals surface area contributed by atoms with Crippen molar-refractivity contribution in [1.29, 1.82) is 0 Å². The van der Waals surface area contributed by atoms with Gasteiger partial charge in [-0.05, 0) is 23.3 Å². The zero-order chi connectivity index (χ0) is 19.9. The predicted octanol–water partition coefficient (Wildman–Crippen LogP) is 1.14. The van der Waals surface area contributed by atoms with Crippen molar-refractivity contribution >= 4 is 44.0 Å². The standard InChI is InChI=1S/C20H22Br2N4O2/c21-17-10-16(20(28)18(22)11-17)12-23-24-19(27)14-26-8-6-25(7-9-26)13-15-4-2-1-3-5-15/h1-5,10-12,28H,6-9,13-14H2,(H,24,27)/b23-12-. The summed E-state index contributed by atoms with van der Waals surface area (Å²) in [6, 6.07) is 13.8. The summed E-state index contributed by atoms with van der Waals surface area (Å²) >= 11 is 6.54. The first kappa shape index (κ1) is 21.0. The summed E-state index contributed by atoms with van der Waals surface area (Å²) < 4.78 is 1.22. The van der Waals surface area contributed by atoms with E-state index < -0.39 is 0 Å². The fourth-order valence-electron chi connectivity index (χ4n) is 3.16. The van der Waals surface area contributed by atoms with Gasteiger partial charge in [-0.25, -0.2) is 5.43 Å². The van der Waals surface area contributed by atoms with Crippen molar-refractivity contribution in [2.24, 2.45) is 5.10 Å². The minimum atomic E-state index is -0.165. The number of carbonyl (C=O) groups excluding carboxylic acids is 1. The summed E-state index contributed by atoms with van der Waals surface area (Å²) in [6.45, 7) is 5.10. The lowest BCUT2D eigenvalue weighted by atomic mass is 10.2. The van der Waals surface area contributed by atoms with E-state index in [2.05, 4.69) is 71.6 Å². The van der Waals surface area contributed by atoms with Crippen LogP contribution in [-0.4, -0.2) is 49.7 Å². The van der Waals surface area contributed by atoms with Crippen LogP contribution in [0.1, 0.15) is 11.1 Å². The maximum absolute atomic E-state index is 12.1. The van der Waals surface area contributed by atoms with E-state index in [0.717, 1.165) is 37.2 Å². The Morgan fingerprint density at radius 2 is 1.93 bits per heavy atom. The average Bonchev–Trinajstić information content (AvgIpc) is 2.68. The van der Waals surface area contributed by atoms with E-state index in [1.807, 2.05) is 6.07 Å². The monoisotopic (exact) mass is 508 g/mol. The molecule has 1 amide bonds. The Bertz CT molecular complexity index is 838. The van der Waals surface area contributed by atoms with Crippen molar-refractivity contribution < 1.29 is 14.8 Å². The number of benzene rings is 2. The van der Waals surface area contributed by atoms with E-state index in [9.17, 15) is 9.90 Å². The van der Waals surface area contributed by atoms with E-state index in [1.165, 1.54) is 16.7 Å². The number of nitrogens with zero attached hydrogens (tertiary/aromatic N) is 2. The van der Waals surface area contributed by atoms with Crippen LogP contribution < -0.4 is 15.4 Å². The lowest BCUT2D eigenvalue weighted by Gasteiger charge is -2.31. The van der Waals surface area contributed by atoms with E-state index in [-0.39, 0.29) is 11.7 Å². The molecule has 2 aromatic carbocycles. The highest BCUT2D eigenvalue weighted by atomic mass is 79.9. The first-order chi connectivity index (χ1) is 13.5. The normalized spacial score (nSPS) is 15.8. The number of hydrogen-bond donors (Lipinski definition) is 2. The molecule has 8 heteroatoms. The van der Waals surface area contributed by atoms with E-state index in [1.54, 1.807) is 12.1 Å². The Balaban J connectivity index is 1.42.